The third kappa shape index (κ3) is 4.12. The van der Waals surface area contributed by atoms with E-state index in [4.69, 9.17) is 32.7 Å². The van der Waals surface area contributed by atoms with Crippen molar-refractivity contribution in [3.05, 3.63) is 62.1 Å². The fourth-order valence-electron chi connectivity index (χ4n) is 1.79. The van der Waals surface area contributed by atoms with E-state index in [1.165, 1.54) is 43.5 Å². The summed E-state index contributed by atoms with van der Waals surface area (Å²) in [5.41, 5.74) is 0.0156. The van der Waals surface area contributed by atoms with Crippen LogP contribution in [0.3, 0.4) is 0 Å². The molecule has 0 aromatic heterocycles. The Hall–Kier alpha value is -2.31. The molecule has 0 heterocycles. The van der Waals surface area contributed by atoms with Crippen molar-refractivity contribution < 1.29 is 19.2 Å². The number of nitro groups is 1. The van der Waals surface area contributed by atoms with Gasteiger partial charge < -0.3 is 9.47 Å². The highest BCUT2D eigenvalue weighted by molar-refractivity contribution is 6.42. The first-order valence-corrected chi connectivity index (χ1v) is 7.11. The standard InChI is InChI=1S/C15H11Cl2NO5/c1-22-10-3-5-15(13(7-10)18(20)21)23-8-14(19)9-2-4-11(16)12(17)6-9/h2-7H,8H2,1H3. The lowest BCUT2D eigenvalue weighted by molar-refractivity contribution is -0.385. The highest BCUT2D eigenvalue weighted by Gasteiger charge is 2.18. The molecule has 0 aliphatic rings. The van der Waals surface area contributed by atoms with Crippen LogP contribution in [0, 0.1) is 10.1 Å². The topological polar surface area (TPSA) is 78.7 Å². The number of hydrogen-bond donors (Lipinski definition) is 0. The van der Waals surface area contributed by atoms with Gasteiger partial charge in [-0.15, -0.1) is 0 Å². The number of rotatable bonds is 6. The van der Waals surface area contributed by atoms with Crippen molar-refractivity contribution in [3.63, 3.8) is 0 Å². The number of carbonyl (C=O) groups is 1. The van der Waals surface area contributed by atoms with Gasteiger partial charge in [0.05, 0.1) is 28.1 Å². The molecule has 2 aromatic carbocycles. The van der Waals surface area contributed by atoms with Gasteiger partial charge in [0.2, 0.25) is 0 Å². The van der Waals surface area contributed by atoms with Crippen molar-refractivity contribution in [2.75, 3.05) is 13.7 Å². The van der Waals surface area contributed by atoms with Crippen molar-refractivity contribution in [2.45, 2.75) is 0 Å². The number of halogens is 2. The number of nitro benzene ring substituents is 1. The predicted molar refractivity (Wildman–Crippen MR) is 85.9 cm³/mol. The molecule has 0 unspecified atom stereocenters. The van der Waals surface area contributed by atoms with Gasteiger partial charge in [0.15, 0.2) is 18.1 Å². The summed E-state index contributed by atoms with van der Waals surface area (Å²) in [5.74, 6) is -0.0854. The normalized spacial score (nSPS) is 10.2. The summed E-state index contributed by atoms with van der Waals surface area (Å²) in [6, 6.07) is 8.51. The third-order valence-electron chi connectivity index (χ3n) is 2.96. The first-order chi connectivity index (χ1) is 10.9. The van der Waals surface area contributed by atoms with Gasteiger partial charge in [0, 0.05) is 5.56 Å². The zero-order chi connectivity index (χ0) is 17.0. The van der Waals surface area contributed by atoms with Crippen LogP contribution in [0.25, 0.3) is 0 Å². The molecule has 0 saturated heterocycles. The monoisotopic (exact) mass is 355 g/mol. The second-order valence-corrected chi connectivity index (χ2v) is 5.25. The van der Waals surface area contributed by atoms with Crippen LogP contribution >= 0.6 is 23.2 Å². The summed E-state index contributed by atoms with van der Waals surface area (Å²) in [4.78, 5) is 22.5. The van der Waals surface area contributed by atoms with Crippen molar-refractivity contribution in [3.8, 4) is 11.5 Å². The van der Waals surface area contributed by atoms with Crippen LogP contribution in [-0.2, 0) is 0 Å². The van der Waals surface area contributed by atoms with Crippen LogP contribution < -0.4 is 9.47 Å². The Balaban J connectivity index is 2.15. The molecule has 0 atom stereocenters. The minimum atomic E-state index is -0.610. The van der Waals surface area contributed by atoms with Gasteiger partial charge >= 0.3 is 5.69 Å². The molecular formula is C15H11Cl2NO5. The van der Waals surface area contributed by atoms with E-state index >= 15 is 0 Å². The summed E-state index contributed by atoms with van der Waals surface area (Å²) in [6.45, 7) is -0.370. The summed E-state index contributed by atoms with van der Waals surface area (Å²) in [7, 11) is 1.40. The van der Waals surface area contributed by atoms with Gasteiger partial charge in [-0.1, -0.05) is 23.2 Å². The number of hydrogen-bond acceptors (Lipinski definition) is 5. The van der Waals surface area contributed by atoms with Crippen LogP contribution in [0.1, 0.15) is 10.4 Å². The van der Waals surface area contributed by atoms with Crippen LogP contribution in [-0.4, -0.2) is 24.4 Å². The Morgan fingerprint density at radius 2 is 1.91 bits per heavy atom. The fraction of sp³-hybridized carbons (Fsp3) is 0.133. The SMILES string of the molecule is COc1ccc(OCC(=O)c2ccc(Cl)c(Cl)c2)c([N+](=O)[O-])c1. The number of benzene rings is 2. The fourth-order valence-corrected chi connectivity index (χ4v) is 2.08. The summed E-state index contributed by atoms with van der Waals surface area (Å²) in [6.07, 6.45) is 0. The molecule has 120 valence electrons. The average Bonchev–Trinajstić information content (AvgIpc) is 2.54. The van der Waals surface area contributed by atoms with E-state index in [1.807, 2.05) is 0 Å². The zero-order valence-corrected chi connectivity index (χ0v) is 13.4. The molecule has 2 aromatic rings. The first-order valence-electron chi connectivity index (χ1n) is 6.36. The highest BCUT2D eigenvalue weighted by Crippen LogP contribution is 2.31. The minimum Gasteiger partial charge on any atom is -0.496 e. The largest absolute Gasteiger partial charge is 0.496 e. The Kier molecular flexibility index (Phi) is 5.41. The lowest BCUT2D eigenvalue weighted by Crippen LogP contribution is -2.12. The molecule has 0 spiro atoms. The Morgan fingerprint density at radius 1 is 1.17 bits per heavy atom. The highest BCUT2D eigenvalue weighted by atomic mass is 35.5. The molecule has 0 radical (unpaired) electrons. The van der Waals surface area contributed by atoms with Crippen LogP contribution in [0.4, 0.5) is 5.69 Å². The third-order valence-corrected chi connectivity index (χ3v) is 3.70. The van der Waals surface area contributed by atoms with Crippen LogP contribution in [0.5, 0.6) is 11.5 Å². The van der Waals surface area contributed by atoms with Gasteiger partial charge in [0.1, 0.15) is 5.75 Å². The lowest BCUT2D eigenvalue weighted by Gasteiger charge is -2.08. The van der Waals surface area contributed by atoms with E-state index < -0.39 is 4.92 Å². The molecule has 0 aliphatic heterocycles. The smallest absolute Gasteiger partial charge is 0.314 e. The van der Waals surface area contributed by atoms with Crippen molar-refractivity contribution >= 4 is 34.7 Å². The molecule has 0 N–H and O–H groups in total. The lowest BCUT2D eigenvalue weighted by atomic mass is 10.1. The van der Waals surface area contributed by atoms with Crippen molar-refractivity contribution in [2.24, 2.45) is 0 Å². The van der Waals surface area contributed by atoms with Crippen LogP contribution in [0.15, 0.2) is 36.4 Å². The summed E-state index contributed by atoms with van der Waals surface area (Å²) in [5, 5.41) is 11.6. The first kappa shape index (κ1) is 17.1. The minimum absolute atomic E-state index is 0.0239. The van der Waals surface area contributed by atoms with Crippen molar-refractivity contribution in [1.82, 2.24) is 0 Å². The second-order valence-electron chi connectivity index (χ2n) is 4.43. The average molecular weight is 356 g/mol. The van der Waals surface area contributed by atoms with E-state index in [2.05, 4.69) is 0 Å². The molecule has 0 amide bonds. The molecule has 2 rings (SSSR count). The number of carbonyl (C=O) groups excluding carboxylic acids is 1. The van der Waals surface area contributed by atoms with E-state index in [-0.39, 0.29) is 28.8 Å². The number of methoxy groups -OCH3 is 1. The van der Waals surface area contributed by atoms with Crippen molar-refractivity contribution in [1.29, 1.82) is 0 Å². The summed E-state index contributed by atoms with van der Waals surface area (Å²) < 4.78 is 10.2. The summed E-state index contributed by atoms with van der Waals surface area (Å²) >= 11 is 11.6. The van der Waals surface area contributed by atoms with Gasteiger partial charge in [0.25, 0.3) is 0 Å². The predicted octanol–water partition coefficient (Wildman–Crippen LogP) is 4.17. The Bertz CT molecular complexity index is 764. The second kappa shape index (κ2) is 7.30. The Morgan fingerprint density at radius 3 is 2.52 bits per heavy atom. The van der Waals surface area contributed by atoms with Gasteiger partial charge in [-0.25, -0.2) is 0 Å². The van der Waals surface area contributed by atoms with Gasteiger partial charge in [-0.05, 0) is 30.3 Å². The van der Waals surface area contributed by atoms with Gasteiger partial charge in [-0.3, -0.25) is 14.9 Å². The molecule has 23 heavy (non-hydrogen) atoms. The molecular weight excluding hydrogens is 345 g/mol. The van der Waals surface area contributed by atoms with Crippen LogP contribution in [0.2, 0.25) is 10.0 Å². The van der Waals surface area contributed by atoms with E-state index in [1.54, 1.807) is 0 Å². The number of nitrogens with zero attached hydrogens (tertiary/aromatic N) is 1. The maximum absolute atomic E-state index is 12.1. The molecule has 8 heteroatoms. The molecule has 0 bridgehead atoms. The molecule has 6 nitrogen and oxygen atoms in total. The quantitative estimate of drug-likeness (QED) is 0.441. The van der Waals surface area contributed by atoms with E-state index in [0.29, 0.717) is 16.3 Å². The maximum atomic E-state index is 12.1. The number of ketones is 1. The maximum Gasteiger partial charge on any atom is 0.314 e. The number of ether oxygens (including phenoxy) is 2. The van der Waals surface area contributed by atoms with E-state index in [0.717, 1.165) is 0 Å². The van der Waals surface area contributed by atoms with Gasteiger partial charge in [-0.2, -0.15) is 0 Å². The van der Waals surface area contributed by atoms with E-state index in [9.17, 15) is 14.9 Å². The molecule has 0 aliphatic carbocycles. The zero-order valence-electron chi connectivity index (χ0n) is 11.9. The molecule has 0 fully saturated rings. The molecule has 0 saturated carbocycles. The Labute approximate surface area is 141 Å². The number of Topliss-reactive ketones (excluding diaryl/α,β-unsaturated/α-hetero) is 1.